The molecule has 0 saturated heterocycles. The van der Waals surface area contributed by atoms with Crippen LogP contribution in [-0.2, 0) is 0 Å². The Labute approximate surface area is 252 Å². The molecular formula is C40H25NOS. The van der Waals surface area contributed by atoms with Gasteiger partial charge in [-0.15, -0.1) is 11.3 Å². The van der Waals surface area contributed by atoms with E-state index in [1.165, 1.54) is 42.1 Å². The number of fused-ring (bicyclic) bond motifs is 7. The van der Waals surface area contributed by atoms with Gasteiger partial charge < -0.3 is 9.32 Å². The minimum Gasteiger partial charge on any atom is -0.456 e. The highest BCUT2D eigenvalue weighted by molar-refractivity contribution is 7.26. The van der Waals surface area contributed by atoms with Gasteiger partial charge in [-0.3, -0.25) is 0 Å². The second-order valence-corrected chi connectivity index (χ2v) is 12.0. The van der Waals surface area contributed by atoms with Gasteiger partial charge in [-0.1, -0.05) is 103 Å². The molecule has 0 N–H and O–H groups in total. The van der Waals surface area contributed by atoms with Gasteiger partial charge in [0.05, 0.1) is 10.4 Å². The molecule has 0 bridgehead atoms. The second kappa shape index (κ2) is 9.59. The Kier molecular flexibility index (Phi) is 5.40. The van der Waals surface area contributed by atoms with Crippen molar-refractivity contribution in [2.24, 2.45) is 0 Å². The zero-order valence-electron chi connectivity index (χ0n) is 23.2. The number of hydrogen-bond acceptors (Lipinski definition) is 3. The molecule has 202 valence electrons. The number of furan rings is 1. The van der Waals surface area contributed by atoms with Gasteiger partial charge in [-0.05, 0) is 64.4 Å². The molecule has 9 rings (SSSR count). The average Bonchev–Trinajstić information content (AvgIpc) is 3.64. The van der Waals surface area contributed by atoms with Crippen molar-refractivity contribution in [1.82, 2.24) is 0 Å². The smallest absolute Gasteiger partial charge is 0.137 e. The van der Waals surface area contributed by atoms with Crippen molar-refractivity contribution >= 4 is 81.3 Å². The normalized spacial score (nSPS) is 11.7. The highest BCUT2D eigenvalue weighted by atomic mass is 32.1. The van der Waals surface area contributed by atoms with Crippen LogP contribution in [0.25, 0.3) is 64.0 Å². The van der Waals surface area contributed by atoms with Crippen molar-refractivity contribution in [1.29, 1.82) is 0 Å². The third kappa shape index (κ3) is 3.86. The molecule has 3 heteroatoms. The van der Waals surface area contributed by atoms with Crippen LogP contribution >= 0.6 is 11.3 Å². The van der Waals surface area contributed by atoms with Gasteiger partial charge in [0.15, 0.2) is 0 Å². The van der Waals surface area contributed by atoms with Crippen LogP contribution < -0.4 is 4.90 Å². The Balaban J connectivity index is 1.35. The maximum atomic E-state index is 6.37. The first kappa shape index (κ1) is 24.2. The number of rotatable bonds is 4. The molecule has 9 aromatic rings. The minimum absolute atomic E-state index is 0.887. The first-order chi connectivity index (χ1) is 21.3. The third-order valence-electron chi connectivity index (χ3n) is 8.44. The summed E-state index contributed by atoms with van der Waals surface area (Å²) in [6.07, 6.45) is 0. The summed E-state index contributed by atoms with van der Waals surface area (Å²) >= 11 is 1.86. The number of nitrogens with zero attached hydrogens (tertiary/aromatic N) is 1. The molecule has 2 aromatic heterocycles. The van der Waals surface area contributed by atoms with Gasteiger partial charge in [0.25, 0.3) is 0 Å². The van der Waals surface area contributed by atoms with Gasteiger partial charge in [0, 0.05) is 43.7 Å². The lowest BCUT2D eigenvalue weighted by Crippen LogP contribution is -2.10. The van der Waals surface area contributed by atoms with Gasteiger partial charge in [-0.25, -0.2) is 0 Å². The Morgan fingerprint density at radius 2 is 1.19 bits per heavy atom. The lowest BCUT2D eigenvalue weighted by molar-refractivity contribution is 0.669. The SMILES string of the molecule is c1ccc(-c2ccc(N(c3ccc4ccccc4c3)c3ccc4c(c3)oc3ccccc34)c3sc4ccccc4c23)cc1. The molecule has 0 aliphatic heterocycles. The van der Waals surface area contributed by atoms with E-state index in [1.54, 1.807) is 0 Å². The molecular weight excluding hydrogens is 543 g/mol. The monoisotopic (exact) mass is 567 g/mol. The number of benzene rings is 7. The molecule has 0 spiro atoms. The highest BCUT2D eigenvalue weighted by Crippen LogP contribution is 2.49. The van der Waals surface area contributed by atoms with Crippen molar-refractivity contribution in [3.05, 3.63) is 152 Å². The summed E-state index contributed by atoms with van der Waals surface area (Å²) in [7, 11) is 0. The number of thiophene rings is 1. The molecule has 7 aromatic carbocycles. The number of anilines is 3. The van der Waals surface area contributed by atoms with Gasteiger partial charge in [0.2, 0.25) is 0 Å². The summed E-state index contributed by atoms with van der Waals surface area (Å²) in [4.78, 5) is 2.39. The van der Waals surface area contributed by atoms with Crippen LogP contribution in [0.4, 0.5) is 17.1 Å². The Morgan fingerprint density at radius 3 is 2.09 bits per heavy atom. The Bertz CT molecular complexity index is 2470. The summed E-state index contributed by atoms with van der Waals surface area (Å²) in [5, 5.41) is 7.28. The van der Waals surface area contributed by atoms with E-state index in [2.05, 4.69) is 144 Å². The van der Waals surface area contributed by atoms with E-state index in [9.17, 15) is 0 Å². The van der Waals surface area contributed by atoms with E-state index in [4.69, 9.17) is 4.42 Å². The fourth-order valence-corrected chi connectivity index (χ4v) is 7.68. The van der Waals surface area contributed by atoms with Crippen molar-refractivity contribution in [3.8, 4) is 11.1 Å². The third-order valence-corrected chi connectivity index (χ3v) is 9.64. The van der Waals surface area contributed by atoms with Crippen LogP contribution in [0.5, 0.6) is 0 Å². The standard InChI is InChI=1S/C40H25NOS/c1-2-11-27(12-3-1)31-22-23-35(40-39(31)34-15-7-9-17-38(34)43-40)41(29-19-18-26-10-4-5-13-28(26)24-29)30-20-21-33-32-14-6-8-16-36(32)42-37(33)25-30/h1-25H. The van der Waals surface area contributed by atoms with E-state index in [0.29, 0.717) is 0 Å². The zero-order valence-corrected chi connectivity index (χ0v) is 24.0. The van der Waals surface area contributed by atoms with Crippen molar-refractivity contribution in [3.63, 3.8) is 0 Å². The maximum Gasteiger partial charge on any atom is 0.137 e. The Hall–Kier alpha value is -5.38. The van der Waals surface area contributed by atoms with E-state index >= 15 is 0 Å². The largest absolute Gasteiger partial charge is 0.456 e. The van der Waals surface area contributed by atoms with Gasteiger partial charge >= 0.3 is 0 Å². The second-order valence-electron chi connectivity index (χ2n) is 10.9. The minimum atomic E-state index is 0.887. The molecule has 2 nitrogen and oxygen atoms in total. The van der Waals surface area contributed by atoms with Crippen LogP contribution in [0.15, 0.2) is 156 Å². The predicted octanol–water partition coefficient (Wildman–Crippen LogP) is 12.2. The summed E-state index contributed by atoms with van der Waals surface area (Å²) in [6, 6.07) is 54.3. The quantitative estimate of drug-likeness (QED) is 0.210. The molecule has 0 aliphatic rings. The van der Waals surface area contributed by atoms with E-state index in [0.717, 1.165) is 39.0 Å². The lowest BCUT2D eigenvalue weighted by Gasteiger charge is -2.27. The van der Waals surface area contributed by atoms with Gasteiger partial charge in [-0.2, -0.15) is 0 Å². The maximum absolute atomic E-state index is 6.37. The van der Waals surface area contributed by atoms with Crippen LogP contribution in [0.1, 0.15) is 0 Å². The first-order valence-corrected chi connectivity index (χ1v) is 15.3. The van der Waals surface area contributed by atoms with Crippen LogP contribution in [-0.4, -0.2) is 0 Å². The van der Waals surface area contributed by atoms with E-state index in [-0.39, 0.29) is 0 Å². The van der Waals surface area contributed by atoms with E-state index < -0.39 is 0 Å². The van der Waals surface area contributed by atoms with Crippen molar-refractivity contribution < 1.29 is 4.42 Å². The van der Waals surface area contributed by atoms with E-state index in [1.807, 2.05) is 23.5 Å². The topological polar surface area (TPSA) is 16.4 Å². The zero-order chi connectivity index (χ0) is 28.3. The van der Waals surface area contributed by atoms with Crippen LogP contribution in [0.3, 0.4) is 0 Å². The number of hydrogen-bond donors (Lipinski definition) is 0. The van der Waals surface area contributed by atoms with Crippen molar-refractivity contribution in [2.75, 3.05) is 4.90 Å². The Morgan fingerprint density at radius 1 is 0.488 bits per heavy atom. The average molecular weight is 568 g/mol. The van der Waals surface area contributed by atoms with Crippen LogP contribution in [0.2, 0.25) is 0 Å². The fourth-order valence-electron chi connectivity index (χ4n) is 6.45. The molecule has 0 saturated carbocycles. The lowest BCUT2D eigenvalue weighted by atomic mass is 9.98. The van der Waals surface area contributed by atoms with Crippen molar-refractivity contribution in [2.45, 2.75) is 0 Å². The summed E-state index contributed by atoms with van der Waals surface area (Å²) in [5.74, 6) is 0. The van der Waals surface area contributed by atoms with Crippen LogP contribution in [0, 0.1) is 0 Å². The molecule has 43 heavy (non-hydrogen) atoms. The molecule has 2 heterocycles. The molecule has 0 radical (unpaired) electrons. The van der Waals surface area contributed by atoms with Gasteiger partial charge in [0.1, 0.15) is 11.2 Å². The summed E-state index contributed by atoms with van der Waals surface area (Å²) in [5.41, 5.74) is 7.60. The molecule has 0 amide bonds. The molecule has 0 fully saturated rings. The predicted molar refractivity (Wildman–Crippen MR) is 184 cm³/mol. The molecule has 0 unspecified atom stereocenters. The summed E-state index contributed by atoms with van der Waals surface area (Å²) in [6.45, 7) is 0. The number of para-hydroxylation sites is 1. The first-order valence-electron chi connectivity index (χ1n) is 14.5. The molecule has 0 aliphatic carbocycles. The fraction of sp³-hybridized carbons (Fsp3) is 0. The molecule has 0 atom stereocenters. The summed E-state index contributed by atoms with van der Waals surface area (Å²) < 4.78 is 8.92. The highest BCUT2D eigenvalue weighted by Gasteiger charge is 2.22.